The van der Waals surface area contributed by atoms with Gasteiger partial charge in [0.1, 0.15) is 5.75 Å². The van der Waals surface area contributed by atoms with Gasteiger partial charge in [0.25, 0.3) is 0 Å². The lowest BCUT2D eigenvalue weighted by atomic mass is 9.65. The van der Waals surface area contributed by atoms with Crippen LogP contribution < -0.4 is 4.74 Å². The smallest absolute Gasteiger partial charge is 0.119 e. The van der Waals surface area contributed by atoms with E-state index >= 15 is 0 Å². The Morgan fingerprint density at radius 1 is 1.30 bits per heavy atom. The summed E-state index contributed by atoms with van der Waals surface area (Å²) in [6.07, 6.45) is 5.35. The maximum absolute atomic E-state index is 5.46. The van der Waals surface area contributed by atoms with Crippen molar-refractivity contribution in [2.75, 3.05) is 20.2 Å². The molecule has 5 atom stereocenters. The number of nitrogens with zero attached hydrogens (tertiary/aromatic N) is 1. The van der Waals surface area contributed by atoms with Crippen molar-refractivity contribution < 1.29 is 4.74 Å². The van der Waals surface area contributed by atoms with Crippen LogP contribution in [0.5, 0.6) is 5.75 Å². The molecule has 1 aromatic carbocycles. The van der Waals surface area contributed by atoms with Crippen LogP contribution in [0.25, 0.3) is 10.9 Å². The summed E-state index contributed by atoms with van der Waals surface area (Å²) in [6.45, 7) is 4.95. The van der Waals surface area contributed by atoms with Gasteiger partial charge in [0.2, 0.25) is 0 Å². The third kappa shape index (κ3) is 1.92. The van der Waals surface area contributed by atoms with Crippen LogP contribution in [0.1, 0.15) is 43.4 Å². The second kappa shape index (κ2) is 5.01. The number of ether oxygens (including phenoxy) is 1. The Labute approximate surface area is 138 Å². The highest BCUT2D eigenvalue weighted by molar-refractivity contribution is 5.86. The summed E-state index contributed by atoms with van der Waals surface area (Å²) in [7, 11) is 1.76. The molecule has 4 aliphatic rings. The molecule has 23 heavy (non-hydrogen) atoms. The summed E-state index contributed by atoms with van der Waals surface area (Å²) in [4.78, 5) is 6.63. The van der Waals surface area contributed by atoms with Gasteiger partial charge in [0, 0.05) is 41.6 Å². The van der Waals surface area contributed by atoms with Gasteiger partial charge in [-0.3, -0.25) is 4.90 Å². The Balaban J connectivity index is 1.66. The van der Waals surface area contributed by atoms with Crippen LogP contribution in [0.4, 0.5) is 0 Å². The largest absolute Gasteiger partial charge is 0.497 e. The van der Waals surface area contributed by atoms with Crippen molar-refractivity contribution in [2.24, 2.45) is 11.8 Å². The molecule has 3 fully saturated rings. The number of aromatic nitrogens is 1. The van der Waals surface area contributed by atoms with Gasteiger partial charge in [-0.05, 0) is 54.9 Å². The number of fused-ring (bicyclic) bond motifs is 4. The number of methoxy groups -OCH3 is 1. The van der Waals surface area contributed by atoms with E-state index in [9.17, 15) is 0 Å². The molecule has 1 saturated carbocycles. The van der Waals surface area contributed by atoms with Crippen LogP contribution in [0.3, 0.4) is 0 Å². The van der Waals surface area contributed by atoms with E-state index in [0.717, 1.165) is 23.6 Å². The van der Waals surface area contributed by atoms with Crippen molar-refractivity contribution >= 4 is 10.9 Å². The van der Waals surface area contributed by atoms with Crippen molar-refractivity contribution in [2.45, 2.75) is 44.6 Å². The van der Waals surface area contributed by atoms with Crippen LogP contribution in [0, 0.1) is 11.8 Å². The van der Waals surface area contributed by atoms with Crippen molar-refractivity contribution in [1.82, 2.24) is 9.88 Å². The average Bonchev–Trinajstić information content (AvgIpc) is 2.92. The Hall–Kier alpha value is -1.48. The number of aromatic amines is 1. The van der Waals surface area contributed by atoms with Gasteiger partial charge in [-0.25, -0.2) is 0 Å². The molecule has 122 valence electrons. The zero-order valence-electron chi connectivity index (χ0n) is 14.1. The van der Waals surface area contributed by atoms with Crippen LogP contribution >= 0.6 is 0 Å². The van der Waals surface area contributed by atoms with E-state index in [1.54, 1.807) is 18.4 Å². The molecule has 1 aliphatic carbocycles. The minimum Gasteiger partial charge on any atom is -0.497 e. The molecular weight excluding hydrogens is 284 g/mol. The van der Waals surface area contributed by atoms with Gasteiger partial charge in [0.15, 0.2) is 0 Å². The van der Waals surface area contributed by atoms with Crippen LogP contribution in [0.2, 0.25) is 0 Å². The predicted molar refractivity (Wildman–Crippen MR) is 93.2 cm³/mol. The monoisotopic (exact) mass is 310 g/mol. The summed E-state index contributed by atoms with van der Waals surface area (Å²) in [6, 6.07) is 7.26. The Kier molecular flexibility index (Phi) is 3.03. The molecule has 4 bridgehead atoms. The van der Waals surface area contributed by atoms with E-state index in [1.807, 2.05) is 0 Å². The van der Waals surface area contributed by atoms with Crippen LogP contribution in [-0.4, -0.2) is 36.1 Å². The van der Waals surface area contributed by atoms with E-state index in [1.165, 1.54) is 49.7 Å². The lowest BCUT2D eigenvalue weighted by Crippen LogP contribution is -2.56. The fourth-order valence-electron chi connectivity index (χ4n) is 5.80. The van der Waals surface area contributed by atoms with Gasteiger partial charge >= 0.3 is 0 Å². The predicted octanol–water partition coefficient (Wildman–Crippen LogP) is 3.94. The van der Waals surface area contributed by atoms with E-state index < -0.39 is 0 Å². The summed E-state index contributed by atoms with van der Waals surface area (Å²) in [5, 5.41) is 1.39. The number of hydrogen-bond acceptors (Lipinski definition) is 2. The van der Waals surface area contributed by atoms with Crippen molar-refractivity contribution in [3.05, 3.63) is 29.5 Å². The molecule has 0 spiro atoms. The van der Waals surface area contributed by atoms with Crippen molar-refractivity contribution in [3.63, 3.8) is 0 Å². The van der Waals surface area contributed by atoms with E-state index in [-0.39, 0.29) is 0 Å². The van der Waals surface area contributed by atoms with Gasteiger partial charge < -0.3 is 9.72 Å². The minimum atomic E-state index is 0.711. The number of nitrogens with one attached hydrogen (secondary N) is 1. The summed E-state index contributed by atoms with van der Waals surface area (Å²) in [5.74, 6) is 3.48. The Morgan fingerprint density at radius 3 is 3.04 bits per heavy atom. The number of H-pyrrole nitrogens is 1. The molecular formula is C20H26N2O. The fraction of sp³-hybridized carbons (Fsp3) is 0.600. The van der Waals surface area contributed by atoms with Gasteiger partial charge in [0.05, 0.1) is 7.11 Å². The average molecular weight is 310 g/mol. The molecule has 0 radical (unpaired) electrons. The lowest BCUT2D eigenvalue weighted by Gasteiger charge is -2.53. The molecule has 1 aromatic heterocycles. The first-order valence-corrected chi connectivity index (χ1v) is 9.21. The van der Waals surface area contributed by atoms with Crippen molar-refractivity contribution in [1.29, 1.82) is 0 Å². The first kappa shape index (κ1) is 13.9. The number of hydrogen-bond donors (Lipinski definition) is 1. The van der Waals surface area contributed by atoms with E-state index in [4.69, 9.17) is 4.74 Å². The standard InChI is InChI=1S/C20H26N2O/c1-3-13-8-12-9-17-19-15(6-7-22(11-12)20(13)17)16-10-14(23-2)4-5-18(16)21-19/h4-5,10,12-13,17,20-21H,3,6-9,11H2,1-2H3/t12?,13-,17-,20?/m0/s1. The molecule has 3 aliphatic heterocycles. The fourth-order valence-corrected chi connectivity index (χ4v) is 5.80. The van der Waals surface area contributed by atoms with Crippen LogP contribution in [0.15, 0.2) is 18.2 Å². The van der Waals surface area contributed by atoms with Gasteiger partial charge in [-0.15, -0.1) is 0 Å². The SMILES string of the molecule is CC[C@H]1CC2C[C@H]3c4[nH]c5ccc(OC)cc5c4CCN(C2)C13. The highest BCUT2D eigenvalue weighted by Gasteiger charge is 2.48. The topological polar surface area (TPSA) is 28.3 Å². The minimum absolute atomic E-state index is 0.711. The van der Waals surface area contributed by atoms with E-state index in [0.29, 0.717) is 5.92 Å². The summed E-state index contributed by atoms with van der Waals surface area (Å²) < 4.78 is 5.46. The highest BCUT2D eigenvalue weighted by atomic mass is 16.5. The Bertz CT molecular complexity index is 749. The molecule has 0 amide bonds. The molecule has 4 heterocycles. The van der Waals surface area contributed by atoms with Crippen LogP contribution in [-0.2, 0) is 6.42 Å². The molecule has 1 N–H and O–H groups in total. The van der Waals surface area contributed by atoms with Gasteiger partial charge in [-0.2, -0.15) is 0 Å². The Morgan fingerprint density at radius 2 is 2.22 bits per heavy atom. The summed E-state index contributed by atoms with van der Waals surface area (Å²) in [5.41, 5.74) is 4.40. The molecule has 2 saturated heterocycles. The van der Waals surface area contributed by atoms with Crippen molar-refractivity contribution in [3.8, 4) is 5.75 Å². The summed E-state index contributed by atoms with van der Waals surface area (Å²) >= 11 is 0. The maximum atomic E-state index is 5.46. The third-order valence-corrected chi connectivity index (χ3v) is 6.72. The second-order valence-electron chi connectivity index (χ2n) is 7.78. The first-order valence-electron chi connectivity index (χ1n) is 9.21. The normalized spacial score (nSPS) is 35.1. The third-order valence-electron chi connectivity index (χ3n) is 6.72. The molecule has 3 unspecified atom stereocenters. The molecule has 6 rings (SSSR count). The number of rotatable bonds is 2. The first-order chi connectivity index (χ1) is 11.3. The molecule has 3 nitrogen and oxygen atoms in total. The van der Waals surface area contributed by atoms with E-state index in [2.05, 4.69) is 35.0 Å². The quantitative estimate of drug-likeness (QED) is 0.910. The number of piperidine rings is 2. The molecule has 3 heteroatoms. The second-order valence-corrected chi connectivity index (χ2v) is 7.78. The zero-order chi connectivity index (χ0) is 15.6. The zero-order valence-corrected chi connectivity index (χ0v) is 14.1. The van der Waals surface area contributed by atoms with Gasteiger partial charge in [-0.1, -0.05) is 13.3 Å². The molecule has 2 aromatic rings. The maximum Gasteiger partial charge on any atom is 0.119 e. The number of benzene rings is 1. The lowest BCUT2D eigenvalue weighted by molar-refractivity contribution is -0.0134. The highest BCUT2D eigenvalue weighted by Crippen LogP contribution is 2.51.